The van der Waals surface area contributed by atoms with Crippen molar-refractivity contribution in [2.45, 2.75) is 12.5 Å². The Morgan fingerprint density at radius 2 is 2.12 bits per heavy atom. The van der Waals surface area contributed by atoms with E-state index in [1.165, 1.54) is 13.2 Å². The highest BCUT2D eigenvalue weighted by Gasteiger charge is 2.18. The molecule has 0 rings (SSSR count). The quantitative estimate of drug-likeness (QED) is 0.421. The van der Waals surface area contributed by atoms with E-state index in [2.05, 4.69) is 21.9 Å². The van der Waals surface area contributed by atoms with E-state index in [1.54, 1.807) is 0 Å². The summed E-state index contributed by atoms with van der Waals surface area (Å²) in [7, 11) is 1.18. The van der Waals surface area contributed by atoms with Crippen molar-refractivity contribution in [2.75, 3.05) is 13.7 Å². The number of carboxylic acids is 1. The van der Waals surface area contributed by atoms with Gasteiger partial charge in [-0.15, -0.1) is 6.58 Å². The first kappa shape index (κ1) is 13.9. The molecule has 0 aromatic carbocycles. The molecule has 90 valence electrons. The maximum atomic E-state index is 11.1. The number of carboxylic acid groups (broad SMARTS) is 1. The molecule has 3 N–H and O–H groups in total. The molecule has 0 saturated carbocycles. The molecular formula is C9H14N2O5. The van der Waals surface area contributed by atoms with Gasteiger partial charge in [-0.3, -0.25) is 4.79 Å². The number of methoxy groups -OCH3 is 1. The third-order valence-corrected chi connectivity index (χ3v) is 1.63. The summed E-state index contributed by atoms with van der Waals surface area (Å²) in [4.78, 5) is 32.4. The summed E-state index contributed by atoms with van der Waals surface area (Å²) >= 11 is 0. The van der Waals surface area contributed by atoms with Crippen molar-refractivity contribution >= 4 is 18.0 Å². The fourth-order valence-corrected chi connectivity index (χ4v) is 0.822. The predicted octanol–water partition coefficient (Wildman–Crippen LogP) is -0.512. The Balaban J connectivity index is 4.04. The smallest absolute Gasteiger partial charge is 0.326 e. The highest BCUT2D eigenvalue weighted by molar-refractivity contribution is 5.85. The van der Waals surface area contributed by atoms with Gasteiger partial charge in [-0.05, 0) is 6.42 Å². The number of rotatable bonds is 6. The van der Waals surface area contributed by atoms with Crippen molar-refractivity contribution in [3.05, 3.63) is 12.7 Å². The average molecular weight is 230 g/mol. The van der Waals surface area contributed by atoms with E-state index in [1.807, 2.05) is 0 Å². The van der Waals surface area contributed by atoms with Gasteiger partial charge in [0.05, 0.1) is 7.11 Å². The summed E-state index contributed by atoms with van der Waals surface area (Å²) in [5, 5.41) is 13.0. The lowest BCUT2D eigenvalue weighted by molar-refractivity contribution is -0.139. The monoisotopic (exact) mass is 230 g/mol. The highest BCUT2D eigenvalue weighted by atomic mass is 16.5. The van der Waals surface area contributed by atoms with E-state index in [-0.39, 0.29) is 13.0 Å². The number of amides is 2. The minimum Gasteiger partial charge on any atom is -0.480 e. The Labute approximate surface area is 92.5 Å². The van der Waals surface area contributed by atoms with Crippen LogP contribution in [0, 0.1) is 0 Å². The third kappa shape index (κ3) is 5.63. The van der Waals surface area contributed by atoms with Gasteiger partial charge in [-0.25, -0.2) is 9.59 Å². The molecule has 0 fully saturated rings. The van der Waals surface area contributed by atoms with Crippen molar-refractivity contribution in [1.29, 1.82) is 0 Å². The largest absolute Gasteiger partial charge is 0.480 e. The van der Waals surface area contributed by atoms with E-state index < -0.39 is 24.0 Å². The van der Waals surface area contributed by atoms with Gasteiger partial charge in [0.25, 0.3) is 0 Å². The number of carbonyl (C=O) groups excluding carboxylic acids is 2. The molecule has 1 unspecified atom stereocenters. The lowest BCUT2D eigenvalue weighted by Gasteiger charge is -2.12. The number of esters is 1. The van der Waals surface area contributed by atoms with Crippen LogP contribution < -0.4 is 10.6 Å². The number of hydrogen-bond donors (Lipinski definition) is 3. The van der Waals surface area contributed by atoms with Gasteiger partial charge in [0, 0.05) is 0 Å². The van der Waals surface area contributed by atoms with Crippen LogP contribution in [0.5, 0.6) is 0 Å². The minimum atomic E-state index is -1.17. The van der Waals surface area contributed by atoms with Crippen LogP contribution in [0.3, 0.4) is 0 Å². The van der Waals surface area contributed by atoms with Crippen molar-refractivity contribution in [1.82, 2.24) is 10.6 Å². The third-order valence-electron chi connectivity index (χ3n) is 1.63. The first-order chi connectivity index (χ1) is 7.51. The average Bonchev–Trinajstić information content (AvgIpc) is 2.25. The SMILES string of the molecule is C=CCC(NC(=O)NCC(=O)OC)C(=O)O. The molecule has 2 amide bonds. The molecule has 0 aromatic heterocycles. The molecule has 0 aliphatic rings. The molecule has 0 saturated heterocycles. The van der Waals surface area contributed by atoms with Crippen LogP contribution in [0.4, 0.5) is 4.79 Å². The van der Waals surface area contributed by atoms with Crippen LogP contribution in [0.1, 0.15) is 6.42 Å². The molecule has 16 heavy (non-hydrogen) atoms. The van der Waals surface area contributed by atoms with Gasteiger partial charge in [-0.2, -0.15) is 0 Å². The maximum Gasteiger partial charge on any atom is 0.326 e. The van der Waals surface area contributed by atoms with Crippen molar-refractivity contribution < 1.29 is 24.2 Å². The van der Waals surface area contributed by atoms with Crippen molar-refractivity contribution in [3.63, 3.8) is 0 Å². The second kappa shape index (κ2) is 7.27. The minimum absolute atomic E-state index is 0.0982. The van der Waals surface area contributed by atoms with Crippen LogP contribution >= 0.6 is 0 Å². The maximum absolute atomic E-state index is 11.1. The fraction of sp³-hybridized carbons (Fsp3) is 0.444. The number of carbonyl (C=O) groups is 3. The fourth-order valence-electron chi connectivity index (χ4n) is 0.822. The molecule has 0 aromatic rings. The normalized spacial score (nSPS) is 11.1. The summed E-state index contributed by atoms with van der Waals surface area (Å²) in [5.74, 6) is -1.79. The molecule has 7 nitrogen and oxygen atoms in total. The molecule has 0 radical (unpaired) electrons. The number of ether oxygens (including phenoxy) is 1. The molecule has 0 spiro atoms. The first-order valence-electron chi connectivity index (χ1n) is 4.46. The Bertz CT molecular complexity index is 290. The van der Waals surface area contributed by atoms with Crippen LogP contribution in [0.15, 0.2) is 12.7 Å². The van der Waals surface area contributed by atoms with Crippen molar-refractivity contribution in [2.24, 2.45) is 0 Å². The topological polar surface area (TPSA) is 105 Å². The first-order valence-corrected chi connectivity index (χ1v) is 4.46. The predicted molar refractivity (Wildman–Crippen MR) is 54.8 cm³/mol. The second-order valence-electron chi connectivity index (χ2n) is 2.82. The molecule has 0 heterocycles. The molecule has 0 aliphatic carbocycles. The van der Waals surface area contributed by atoms with Gasteiger partial charge in [0.1, 0.15) is 12.6 Å². The summed E-state index contributed by atoms with van der Waals surface area (Å²) < 4.78 is 4.29. The Kier molecular flexibility index (Phi) is 6.34. The van der Waals surface area contributed by atoms with Gasteiger partial charge >= 0.3 is 18.0 Å². The van der Waals surface area contributed by atoms with Crippen LogP contribution in [-0.2, 0) is 14.3 Å². The Hall–Kier alpha value is -2.05. The summed E-state index contributed by atoms with van der Waals surface area (Å²) in [5.41, 5.74) is 0. The standard InChI is InChI=1S/C9H14N2O5/c1-3-4-6(8(13)14)11-9(15)10-5-7(12)16-2/h3,6H,1,4-5H2,2H3,(H,13,14)(H2,10,11,15). The zero-order chi connectivity index (χ0) is 12.6. The van der Waals surface area contributed by atoms with Crippen LogP contribution in [0.25, 0.3) is 0 Å². The lowest BCUT2D eigenvalue weighted by Crippen LogP contribution is -2.47. The Morgan fingerprint density at radius 3 is 2.56 bits per heavy atom. The number of nitrogens with one attached hydrogen (secondary N) is 2. The van der Waals surface area contributed by atoms with Crippen LogP contribution in [0.2, 0.25) is 0 Å². The number of urea groups is 1. The molecular weight excluding hydrogens is 216 g/mol. The van der Waals surface area contributed by atoms with Gasteiger partial charge in [-0.1, -0.05) is 6.08 Å². The second-order valence-corrected chi connectivity index (χ2v) is 2.82. The number of aliphatic carboxylic acids is 1. The molecule has 1 atom stereocenters. The highest BCUT2D eigenvalue weighted by Crippen LogP contribution is 1.92. The van der Waals surface area contributed by atoms with E-state index in [4.69, 9.17) is 5.11 Å². The summed E-state index contributed by atoms with van der Waals surface area (Å²) in [6, 6.07) is -1.81. The Morgan fingerprint density at radius 1 is 1.50 bits per heavy atom. The molecule has 7 heteroatoms. The zero-order valence-corrected chi connectivity index (χ0v) is 8.86. The summed E-state index contributed by atoms with van der Waals surface area (Å²) in [6.45, 7) is 3.05. The van der Waals surface area contributed by atoms with Gasteiger partial charge in [0.2, 0.25) is 0 Å². The van der Waals surface area contributed by atoms with E-state index in [0.29, 0.717) is 0 Å². The lowest BCUT2D eigenvalue weighted by atomic mass is 10.2. The number of hydrogen-bond acceptors (Lipinski definition) is 4. The summed E-state index contributed by atoms with van der Waals surface area (Å²) in [6.07, 6.45) is 1.47. The molecule has 0 bridgehead atoms. The zero-order valence-electron chi connectivity index (χ0n) is 8.86. The van der Waals surface area contributed by atoms with Crippen molar-refractivity contribution in [3.8, 4) is 0 Å². The van der Waals surface area contributed by atoms with E-state index in [0.717, 1.165) is 0 Å². The van der Waals surface area contributed by atoms with Gasteiger partial charge in [0.15, 0.2) is 0 Å². The van der Waals surface area contributed by atoms with Gasteiger partial charge < -0.3 is 20.5 Å². The van der Waals surface area contributed by atoms with Crippen LogP contribution in [-0.4, -0.2) is 42.8 Å². The molecule has 0 aliphatic heterocycles. The van der Waals surface area contributed by atoms with E-state index >= 15 is 0 Å². The van der Waals surface area contributed by atoms with E-state index in [9.17, 15) is 14.4 Å².